The van der Waals surface area contributed by atoms with Crippen LogP contribution in [-0.2, 0) is 14.3 Å². The third kappa shape index (κ3) is 3.84. The number of ether oxygens (including phenoxy) is 1. The summed E-state index contributed by atoms with van der Waals surface area (Å²) in [6, 6.07) is 4.68. The zero-order valence-electron chi connectivity index (χ0n) is 15.9. The number of piperidine rings is 1. The van der Waals surface area contributed by atoms with Gasteiger partial charge in [-0.25, -0.2) is 9.18 Å². The molecule has 0 spiro atoms. The number of anilines is 2. The van der Waals surface area contributed by atoms with Gasteiger partial charge in [0.15, 0.2) is 0 Å². The van der Waals surface area contributed by atoms with Gasteiger partial charge in [-0.2, -0.15) is 0 Å². The van der Waals surface area contributed by atoms with Crippen molar-refractivity contribution in [3.05, 3.63) is 24.0 Å². The van der Waals surface area contributed by atoms with E-state index >= 15 is 0 Å². The number of halogens is 1. The van der Waals surface area contributed by atoms with Gasteiger partial charge in [-0.15, -0.1) is 0 Å². The fourth-order valence-electron chi connectivity index (χ4n) is 4.19. The molecule has 4 rings (SSSR count). The Labute approximate surface area is 166 Å². The molecule has 2 saturated heterocycles. The van der Waals surface area contributed by atoms with Gasteiger partial charge in [0.25, 0.3) is 0 Å². The van der Waals surface area contributed by atoms with Crippen LogP contribution in [0.5, 0.6) is 0 Å². The first kappa shape index (κ1) is 19.4. The van der Waals surface area contributed by atoms with E-state index in [1.165, 1.54) is 17.9 Å². The molecule has 1 aliphatic carbocycles. The molecule has 3 atom stereocenters. The Hall–Kier alpha value is -2.88. The van der Waals surface area contributed by atoms with Crippen LogP contribution in [0, 0.1) is 17.7 Å². The number of fused-ring (bicyclic) bond motifs is 1. The molecule has 29 heavy (non-hydrogen) atoms. The summed E-state index contributed by atoms with van der Waals surface area (Å²) in [5.74, 6) is -0.518. The van der Waals surface area contributed by atoms with Crippen LogP contribution in [0.1, 0.15) is 6.92 Å². The van der Waals surface area contributed by atoms with Crippen LogP contribution in [0.3, 0.4) is 0 Å². The molecule has 10 heteroatoms. The van der Waals surface area contributed by atoms with Gasteiger partial charge in [-0.3, -0.25) is 14.5 Å². The molecule has 2 aliphatic heterocycles. The molecule has 156 valence electrons. The average molecular weight is 406 g/mol. The summed E-state index contributed by atoms with van der Waals surface area (Å²) in [7, 11) is 0. The van der Waals surface area contributed by atoms with Crippen LogP contribution in [0.4, 0.5) is 20.6 Å². The molecular formula is C19H23FN4O5. The lowest BCUT2D eigenvalue weighted by Gasteiger charge is -2.24. The van der Waals surface area contributed by atoms with E-state index in [4.69, 9.17) is 9.84 Å². The van der Waals surface area contributed by atoms with Crippen molar-refractivity contribution in [3.63, 3.8) is 0 Å². The first-order chi connectivity index (χ1) is 13.9. The van der Waals surface area contributed by atoms with Gasteiger partial charge in [0, 0.05) is 37.9 Å². The largest absolute Gasteiger partial charge is 0.442 e. The van der Waals surface area contributed by atoms with Crippen LogP contribution >= 0.6 is 0 Å². The maximum atomic E-state index is 14.8. The highest BCUT2D eigenvalue weighted by molar-refractivity contribution is 5.90. The Balaban J connectivity index is 1.37. The standard InChI is InChI=1S/C19H23FN4O5/c1-10(26)21-5-12-6-24(19(28)29-12)11-2-3-16(15(20)4-11)23-7-13-14(8-23)18(13)22-17(27)9-25/h2-4,12-14,18,25H,5-9H2,1H3,(H,21,26)(H,22,27)/t12-,13?,14?,18?/m0/s1. The lowest BCUT2D eigenvalue weighted by Crippen LogP contribution is -2.36. The van der Waals surface area contributed by atoms with E-state index in [0.717, 1.165) is 0 Å². The van der Waals surface area contributed by atoms with E-state index in [-0.39, 0.29) is 42.8 Å². The summed E-state index contributed by atoms with van der Waals surface area (Å²) in [4.78, 5) is 37.7. The van der Waals surface area contributed by atoms with E-state index in [2.05, 4.69) is 10.6 Å². The second-order valence-corrected chi connectivity index (χ2v) is 7.67. The molecule has 1 aromatic rings. The van der Waals surface area contributed by atoms with Gasteiger partial charge >= 0.3 is 6.09 Å². The molecule has 3 aliphatic rings. The minimum Gasteiger partial charge on any atom is -0.442 e. The molecule has 0 radical (unpaired) electrons. The zero-order chi connectivity index (χ0) is 20.7. The summed E-state index contributed by atoms with van der Waals surface area (Å²) in [6.45, 7) is 2.55. The van der Waals surface area contributed by atoms with E-state index in [9.17, 15) is 18.8 Å². The fourth-order valence-corrected chi connectivity index (χ4v) is 4.19. The number of rotatable bonds is 6. The molecule has 0 aromatic heterocycles. The van der Waals surface area contributed by atoms with Gasteiger partial charge in [0.2, 0.25) is 11.8 Å². The predicted octanol–water partition coefficient (Wildman–Crippen LogP) is -0.170. The molecule has 2 heterocycles. The van der Waals surface area contributed by atoms with E-state index in [1.807, 2.05) is 4.90 Å². The molecule has 3 amide bonds. The summed E-state index contributed by atoms with van der Waals surface area (Å²) < 4.78 is 20.0. The topological polar surface area (TPSA) is 111 Å². The van der Waals surface area contributed by atoms with Crippen molar-refractivity contribution in [2.75, 3.05) is 42.6 Å². The molecule has 2 unspecified atom stereocenters. The van der Waals surface area contributed by atoms with Crippen LogP contribution in [0.15, 0.2) is 18.2 Å². The summed E-state index contributed by atoms with van der Waals surface area (Å²) in [5.41, 5.74) is 0.856. The lowest BCUT2D eigenvalue weighted by atomic mass is 10.2. The van der Waals surface area contributed by atoms with Gasteiger partial charge in [-0.05, 0) is 18.2 Å². The van der Waals surface area contributed by atoms with Gasteiger partial charge in [0.05, 0.1) is 24.5 Å². The smallest absolute Gasteiger partial charge is 0.414 e. The number of nitrogens with one attached hydrogen (secondary N) is 2. The maximum absolute atomic E-state index is 14.8. The van der Waals surface area contributed by atoms with Crippen LogP contribution in [-0.4, -0.2) is 67.9 Å². The number of hydrogen-bond acceptors (Lipinski definition) is 6. The Morgan fingerprint density at radius 3 is 2.62 bits per heavy atom. The fraction of sp³-hybridized carbons (Fsp3) is 0.526. The van der Waals surface area contributed by atoms with Crippen molar-refractivity contribution in [1.29, 1.82) is 0 Å². The minimum atomic E-state index is -0.572. The molecule has 0 bridgehead atoms. The van der Waals surface area contributed by atoms with Crippen LogP contribution in [0.2, 0.25) is 0 Å². The van der Waals surface area contributed by atoms with Crippen molar-refractivity contribution in [2.24, 2.45) is 11.8 Å². The van der Waals surface area contributed by atoms with Crippen LogP contribution < -0.4 is 20.4 Å². The number of nitrogens with zero attached hydrogens (tertiary/aromatic N) is 2. The first-order valence-electron chi connectivity index (χ1n) is 9.54. The first-order valence-corrected chi connectivity index (χ1v) is 9.54. The van der Waals surface area contributed by atoms with Crippen molar-refractivity contribution in [3.8, 4) is 0 Å². The van der Waals surface area contributed by atoms with E-state index < -0.39 is 24.6 Å². The minimum absolute atomic E-state index is 0.0492. The summed E-state index contributed by atoms with van der Waals surface area (Å²) >= 11 is 0. The highest BCUT2D eigenvalue weighted by atomic mass is 19.1. The number of hydrogen-bond donors (Lipinski definition) is 3. The van der Waals surface area contributed by atoms with Crippen molar-refractivity contribution >= 4 is 29.3 Å². The Morgan fingerprint density at radius 1 is 1.28 bits per heavy atom. The van der Waals surface area contributed by atoms with Gasteiger partial charge in [-0.1, -0.05) is 0 Å². The number of amides is 3. The average Bonchev–Trinajstić information content (AvgIpc) is 3.02. The zero-order valence-corrected chi connectivity index (χ0v) is 15.9. The molecule has 9 nitrogen and oxygen atoms in total. The number of aliphatic hydroxyl groups excluding tert-OH is 1. The quantitative estimate of drug-likeness (QED) is 0.605. The SMILES string of the molecule is CC(=O)NC[C@H]1CN(c2ccc(N3CC4C(C3)C4NC(=O)CO)c(F)c2)C(=O)O1. The van der Waals surface area contributed by atoms with Crippen molar-refractivity contribution in [2.45, 2.75) is 19.1 Å². The second kappa shape index (κ2) is 7.51. The van der Waals surface area contributed by atoms with Crippen molar-refractivity contribution in [1.82, 2.24) is 10.6 Å². The lowest BCUT2D eigenvalue weighted by molar-refractivity contribution is -0.124. The van der Waals surface area contributed by atoms with E-state index in [1.54, 1.807) is 12.1 Å². The maximum Gasteiger partial charge on any atom is 0.414 e. The van der Waals surface area contributed by atoms with Crippen molar-refractivity contribution < 1.29 is 28.6 Å². The third-order valence-corrected chi connectivity index (χ3v) is 5.70. The van der Waals surface area contributed by atoms with Gasteiger partial charge < -0.3 is 25.4 Å². The van der Waals surface area contributed by atoms with E-state index in [0.29, 0.717) is 24.5 Å². The molecule has 3 N–H and O–H groups in total. The summed E-state index contributed by atoms with van der Waals surface area (Å²) in [5, 5.41) is 14.2. The molecule has 1 aromatic carbocycles. The Morgan fingerprint density at radius 2 is 2.00 bits per heavy atom. The highest BCUT2D eigenvalue weighted by Crippen LogP contribution is 2.47. The monoisotopic (exact) mass is 406 g/mol. The number of aliphatic hydroxyl groups is 1. The normalized spacial score (nSPS) is 27.5. The molecule has 1 saturated carbocycles. The molecular weight excluding hydrogens is 383 g/mol. The number of carbonyl (C=O) groups is 3. The van der Waals surface area contributed by atoms with Gasteiger partial charge in [0.1, 0.15) is 18.5 Å². The summed E-state index contributed by atoms with van der Waals surface area (Å²) in [6.07, 6.45) is -1.05. The predicted molar refractivity (Wildman–Crippen MR) is 101 cm³/mol. The highest BCUT2D eigenvalue weighted by Gasteiger charge is 2.56. The molecule has 3 fully saturated rings. The second-order valence-electron chi connectivity index (χ2n) is 7.67. The third-order valence-electron chi connectivity index (χ3n) is 5.70. The number of carbonyl (C=O) groups excluding carboxylic acids is 3. The Kier molecular flexibility index (Phi) is 5.03. The number of cyclic esters (lactones) is 1. The Bertz CT molecular complexity index is 838. The number of benzene rings is 1. The van der Waals surface area contributed by atoms with Crippen LogP contribution in [0.25, 0.3) is 0 Å².